The number of aliphatic hydroxyl groups is 1. The molecule has 0 spiro atoms. The van der Waals surface area contributed by atoms with E-state index in [2.05, 4.69) is 5.32 Å². The number of aliphatic hydroxyl groups excluding tert-OH is 1. The molecule has 4 heteroatoms. The van der Waals surface area contributed by atoms with Gasteiger partial charge in [-0.3, -0.25) is 4.79 Å². The second-order valence-corrected chi connectivity index (χ2v) is 4.10. The largest absolute Gasteiger partial charge is 0.393 e. The average molecular weight is 216 g/mol. The van der Waals surface area contributed by atoms with Crippen molar-refractivity contribution in [2.75, 3.05) is 0 Å². The van der Waals surface area contributed by atoms with Crippen LogP contribution in [-0.4, -0.2) is 29.2 Å². The number of carbonyl (C=O) groups excluding carboxylic acids is 1. The van der Waals surface area contributed by atoms with Gasteiger partial charge in [-0.2, -0.15) is 0 Å². The second-order valence-electron chi connectivity index (χ2n) is 4.10. The van der Waals surface area contributed by atoms with Gasteiger partial charge in [0.05, 0.1) is 6.10 Å². The van der Waals surface area contributed by atoms with E-state index in [1.165, 1.54) is 6.92 Å². The molecule has 15 heavy (non-hydrogen) atoms. The Hall–Kier alpha value is -0.610. The quantitative estimate of drug-likeness (QED) is 0.588. The highest BCUT2D eigenvalue weighted by Crippen LogP contribution is 2.08. The summed E-state index contributed by atoms with van der Waals surface area (Å²) in [5.74, 6) is -0.0474. The standard InChI is InChI=1S/C11H24N2O2/c1-4-9(12)6-11(15)7-10(5-2)13-8(3)14/h9-11,15H,4-7,12H2,1-3H3,(H,13,14). The van der Waals surface area contributed by atoms with E-state index in [0.29, 0.717) is 12.8 Å². The number of hydrogen-bond acceptors (Lipinski definition) is 3. The fraction of sp³-hybridized carbons (Fsp3) is 0.909. The molecule has 0 aromatic heterocycles. The van der Waals surface area contributed by atoms with Crippen LogP contribution in [0.3, 0.4) is 0 Å². The SMILES string of the molecule is CCC(N)CC(O)CC(CC)NC(C)=O. The number of nitrogens with one attached hydrogen (secondary N) is 1. The molecule has 0 radical (unpaired) electrons. The Morgan fingerprint density at radius 3 is 2.33 bits per heavy atom. The Labute approximate surface area is 92.2 Å². The summed E-state index contributed by atoms with van der Waals surface area (Å²) in [6.07, 6.45) is 2.47. The zero-order chi connectivity index (χ0) is 11.8. The first-order chi connectivity index (χ1) is 6.99. The molecular weight excluding hydrogens is 192 g/mol. The highest BCUT2D eigenvalue weighted by atomic mass is 16.3. The van der Waals surface area contributed by atoms with Crippen LogP contribution in [0.15, 0.2) is 0 Å². The summed E-state index contributed by atoms with van der Waals surface area (Å²) < 4.78 is 0. The van der Waals surface area contributed by atoms with Crippen LogP contribution in [0.2, 0.25) is 0 Å². The lowest BCUT2D eigenvalue weighted by Crippen LogP contribution is -2.37. The van der Waals surface area contributed by atoms with Gasteiger partial charge in [-0.15, -0.1) is 0 Å². The lowest BCUT2D eigenvalue weighted by molar-refractivity contribution is -0.119. The molecule has 0 saturated carbocycles. The molecule has 0 aliphatic carbocycles. The number of hydrogen-bond donors (Lipinski definition) is 3. The second kappa shape index (κ2) is 7.65. The first kappa shape index (κ1) is 14.4. The van der Waals surface area contributed by atoms with Crippen molar-refractivity contribution in [1.29, 1.82) is 0 Å². The summed E-state index contributed by atoms with van der Waals surface area (Å²) in [5, 5.41) is 12.5. The Morgan fingerprint density at radius 2 is 1.93 bits per heavy atom. The van der Waals surface area contributed by atoms with Crippen molar-refractivity contribution < 1.29 is 9.90 Å². The molecule has 0 saturated heterocycles. The summed E-state index contributed by atoms with van der Waals surface area (Å²) in [4.78, 5) is 10.9. The van der Waals surface area contributed by atoms with Crippen LogP contribution in [0, 0.1) is 0 Å². The van der Waals surface area contributed by atoms with Gasteiger partial charge >= 0.3 is 0 Å². The van der Waals surface area contributed by atoms with E-state index in [-0.39, 0.29) is 18.0 Å². The van der Waals surface area contributed by atoms with Gasteiger partial charge in [-0.25, -0.2) is 0 Å². The van der Waals surface area contributed by atoms with Gasteiger partial charge < -0.3 is 16.2 Å². The van der Waals surface area contributed by atoms with Gasteiger partial charge in [0, 0.05) is 19.0 Å². The zero-order valence-corrected chi connectivity index (χ0v) is 9.99. The maximum absolute atomic E-state index is 10.9. The lowest BCUT2D eigenvalue weighted by atomic mass is 10.00. The molecule has 90 valence electrons. The van der Waals surface area contributed by atoms with E-state index in [1.54, 1.807) is 0 Å². The first-order valence-electron chi connectivity index (χ1n) is 5.70. The smallest absolute Gasteiger partial charge is 0.217 e. The van der Waals surface area contributed by atoms with Crippen LogP contribution in [0.4, 0.5) is 0 Å². The minimum absolute atomic E-state index is 0.0474. The molecule has 3 unspecified atom stereocenters. The van der Waals surface area contributed by atoms with E-state index in [1.807, 2.05) is 13.8 Å². The van der Waals surface area contributed by atoms with Gasteiger partial charge in [0.2, 0.25) is 5.91 Å². The monoisotopic (exact) mass is 216 g/mol. The van der Waals surface area contributed by atoms with Crippen LogP contribution >= 0.6 is 0 Å². The van der Waals surface area contributed by atoms with Gasteiger partial charge in [-0.1, -0.05) is 13.8 Å². The summed E-state index contributed by atoms with van der Waals surface area (Å²) in [6.45, 7) is 5.49. The predicted molar refractivity (Wildman–Crippen MR) is 61.4 cm³/mol. The molecule has 3 atom stereocenters. The Bertz CT molecular complexity index is 185. The van der Waals surface area contributed by atoms with E-state index in [4.69, 9.17) is 5.73 Å². The van der Waals surface area contributed by atoms with Crippen LogP contribution in [-0.2, 0) is 4.79 Å². The van der Waals surface area contributed by atoms with Crippen molar-refractivity contribution in [3.8, 4) is 0 Å². The topological polar surface area (TPSA) is 75.3 Å². The summed E-state index contributed by atoms with van der Waals surface area (Å²) in [6, 6.07) is 0.108. The predicted octanol–water partition coefficient (Wildman–Crippen LogP) is 0.779. The van der Waals surface area contributed by atoms with Crippen molar-refractivity contribution in [2.45, 2.75) is 64.6 Å². The van der Waals surface area contributed by atoms with E-state index >= 15 is 0 Å². The molecule has 0 aliphatic heterocycles. The molecule has 0 rings (SSSR count). The van der Waals surface area contributed by atoms with E-state index < -0.39 is 6.10 Å². The first-order valence-corrected chi connectivity index (χ1v) is 5.70. The molecule has 0 aromatic carbocycles. The molecule has 0 heterocycles. The van der Waals surface area contributed by atoms with Gasteiger partial charge in [0.25, 0.3) is 0 Å². The van der Waals surface area contributed by atoms with Gasteiger partial charge in [0.1, 0.15) is 0 Å². The molecule has 1 amide bonds. The van der Waals surface area contributed by atoms with Gasteiger partial charge in [-0.05, 0) is 25.7 Å². The molecule has 4 nitrogen and oxygen atoms in total. The lowest BCUT2D eigenvalue weighted by Gasteiger charge is -2.21. The number of amides is 1. The van der Waals surface area contributed by atoms with Crippen LogP contribution in [0.1, 0.15) is 46.5 Å². The fourth-order valence-corrected chi connectivity index (χ4v) is 1.56. The highest BCUT2D eigenvalue weighted by Gasteiger charge is 2.15. The molecular formula is C11H24N2O2. The van der Waals surface area contributed by atoms with E-state index in [9.17, 15) is 9.90 Å². The van der Waals surface area contributed by atoms with Crippen molar-refractivity contribution in [3.05, 3.63) is 0 Å². The van der Waals surface area contributed by atoms with E-state index in [0.717, 1.165) is 12.8 Å². The fourth-order valence-electron chi connectivity index (χ4n) is 1.56. The van der Waals surface area contributed by atoms with Crippen molar-refractivity contribution >= 4 is 5.91 Å². The molecule has 0 aliphatic rings. The van der Waals surface area contributed by atoms with Crippen molar-refractivity contribution in [3.63, 3.8) is 0 Å². The maximum atomic E-state index is 10.9. The number of rotatable bonds is 7. The minimum Gasteiger partial charge on any atom is -0.393 e. The molecule has 0 aromatic rings. The Balaban J connectivity index is 3.89. The summed E-state index contributed by atoms with van der Waals surface area (Å²) in [5.41, 5.74) is 5.74. The summed E-state index contributed by atoms with van der Waals surface area (Å²) in [7, 11) is 0. The van der Waals surface area contributed by atoms with Crippen molar-refractivity contribution in [2.24, 2.45) is 5.73 Å². The van der Waals surface area contributed by atoms with Gasteiger partial charge in [0.15, 0.2) is 0 Å². The van der Waals surface area contributed by atoms with Crippen LogP contribution in [0.25, 0.3) is 0 Å². The molecule has 0 bridgehead atoms. The third-order valence-corrected chi connectivity index (χ3v) is 2.56. The minimum atomic E-state index is -0.420. The Morgan fingerprint density at radius 1 is 1.33 bits per heavy atom. The zero-order valence-electron chi connectivity index (χ0n) is 9.99. The Kier molecular flexibility index (Phi) is 7.34. The molecule has 0 fully saturated rings. The normalized spacial score (nSPS) is 16.9. The van der Waals surface area contributed by atoms with Crippen LogP contribution < -0.4 is 11.1 Å². The van der Waals surface area contributed by atoms with Crippen LogP contribution in [0.5, 0.6) is 0 Å². The number of nitrogens with two attached hydrogens (primary N) is 1. The third kappa shape index (κ3) is 7.33. The number of carbonyl (C=O) groups is 1. The average Bonchev–Trinajstić information content (AvgIpc) is 2.15. The molecule has 4 N–H and O–H groups in total. The highest BCUT2D eigenvalue weighted by molar-refractivity contribution is 5.73. The summed E-state index contributed by atoms with van der Waals surface area (Å²) >= 11 is 0. The third-order valence-electron chi connectivity index (χ3n) is 2.56. The van der Waals surface area contributed by atoms with Crippen molar-refractivity contribution in [1.82, 2.24) is 5.32 Å². The maximum Gasteiger partial charge on any atom is 0.217 e.